The monoisotopic (exact) mass is 491 g/mol. The van der Waals surface area contributed by atoms with Gasteiger partial charge in [-0.05, 0) is 42.5 Å². The van der Waals surface area contributed by atoms with E-state index in [1.54, 1.807) is 35.2 Å². The molecule has 2 N–H and O–H groups in total. The molecule has 0 fully saturated rings. The first-order valence-electron chi connectivity index (χ1n) is 9.69. The van der Waals surface area contributed by atoms with E-state index >= 15 is 0 Å². The Morgan fingerprint density at radius 1 is 1.09 bits per heavy atom. The molecule has 0 bridgehead atoms. The summed E-state index contributed by atoms with van der Waals surface area (Å²) in [6.07, 6.45) is -1.72. The number of urea groups is 1. The van der Waals surface area contributed by atoms with E-state index in [-0.39, 0.29) is 5.06 Å². The molecule has 4 rings (SSSR count). The quantitative estimate of drug-likeness (QED) is 0.308. The number of nitrogens with one attached hydrogen (secondary N) is 1. The highest BCUT2D eigenvalue weighted by Gasteiger charge is 2.34. The van der Waals surface area contributed by atoms with Crippen LogP contribution in [-0.2, 0) is 6.18 Å². The second kappa shape index (κ2) is 8.80. The summed E-state index contributed by atoms with van der Waals surface area (Å²) in [4.78, 5) is 27.1. The molecule has 176 valence electrons. The Hall–Kier alpha value is -3.90. The summed E-state index contributed by atoms with van der Waals surface area (Å²) in [7, 11) is 3.69. The van der Waals surface area contributed by atoms with Crippen molar-refractivity contribution in [3.05, 3.63) is 65.7 Å². The SMILES string of the molecule is CN(C)c1ncnc2c1ncn2-c1ccc(NC(=O)N(O)c2ccc(Cl)c(C(F)(F)F)c2)cc1. The minimum atomic E-state index is -4.74. The molecule has 0 radical (unpaired) electrons. The predicted octanol–water partition coefficient (Wildman–Crippen LogP) is 4.98. The first-order valence-corrected chi connectivity index (χ1v) is 10.1. The number of halogens is 4. The fourth-order valence-electron chi connectivity index (χ4n) is 3.20. The van der Waals surface area contributed by atoms with Crippen molar-refractivity contribution in [2.24, 2.45) is 0 Å². The Kier molecular flexibility index (Phi) is 6.02. The third kappa shape index (κ3) is 4.45. The maximum Gasteiger partial charge on any atom is 0.417 e. The second-order valence-corrected chi connectivity index (χ2v) is 7.74. The van der Waals surface area contributed by atoms with Crippen LogP contribution in [-0.4, -0.2) is 44.9 Å². The van der Waals surface area contributed by atoms with Gasteiger partial charge >= 0.3 is 12.2 Å². The zero-order chi connectivity index (χ0) is 24.6. The second-order valence-electron chi connectivity index (χ2n) is 7.33. The van der Waals surface area contributed by atoms with E-state index in [1.165, 1.54) is 6.33 Å². The lowest BCUT2D eigenvalue weighted by molar-refractivity contribution is -0.137. The Labute approximate surface area is 196 Å². The number of aromatic nitrogens is 4. The summed E-state index contributed by atoms with van der Waals surface area (Å²) < 4.78 is 40.9. The number of amides is 2. The number of hydroxylamine groups is 1. The van der Waals surface area contributed by atoms with E-state index in [0.29, 0.717) is 34.4 Å². The molecule has 9 nitrogen and oxygen atoms in total. The Bertz CT molecular complexity index is 1360. The van der Waals surface area contributed by atoms with Crippen molar-refractivity contribution < 1.29 is 23.2 Å². The Morgan fingerprint density at radius 2 is 1.79 bits per heavy atom. The molecule has 13 heteroatoms. The molecule has 0 aliphatic heterocycles. The van der Waals surface area contributed by atoms with Crippen molar-refractivity contribution in [2.75, 3.05) is 29.4 Å². The molecule has 0 unspecified atom stereocenters. The predicted molar refractivity (Wildman–Crippen MR) is 121 cm³/mol. The maximum absolute atomic E-state index is 13.1. The largest absolute Gasteiger partial charge is 0.417 e. The minimum Gasteiger partial charge on any atom is -0.361 e. The van der Waals surface area contributed by atoms with Gasteiger partial charge in [-0.2, -0.15) is 18.2 Å². The molecule has 2 amide bonds. The molecule has 2 aromatic carbocycles. The molecule has 4 aromatic rings. The maximum atomic E-state index is 13.1. The summed E-state index contributed by atoms with van der Waals surface area (Å²) in [6.45, 7) is 0. The smallest absolute Gasteiger partial charge is 0.361 e. The number of rotatable bonds is 4. The zero-order valence-electron chi connectivity index (χ0n) is 17.7. The molecule has 34 heavy (non-hydrogen) atoms. The lowest BCUT2D eigenvalue weighted by Gasteiger charge is -2.18. The fourth-order valence-corrected chi connectivity index (χ4v) is 3.42. The van der Waals surface area contributed by atoms with Crippen molar-refractivity contribution >= 4 is 46.0 Å². The van der Waals surface area contributed by atoms with Crippen molar-refractivity contribution in [3.63, 3.8) is 0 Å². The van der Waals surface area contributed by atoms with Crippen LogP contribution in [0.1, 0.15) is 5.56 Å². The number of anilines is 3. The Balaban J connectivity index is 1.53. The lowest BCUT2D eigenvalue weighted by atomic mass is 10.2. The minimum absolute atomic E-state index is 0.0720. The average Bonchev–Trinajstić information content (AvgIpc) is 3.22. The zero-order valence-corrected chi connectivity index (χ0v) is 18.5. The molecule has 0 aliphatic rings. The molecule has 0 aliphatic carbocycles. The summed E-state index contributed by atoms with van der Waals surface area (Å²) in [6, 6.07) is 8.05. The van der Waals surface area contributed by atoms with E-state index in [0.717, 1.165) is 12.1 Å². The van der Waals surface area contributed by atoms with Crippen molar-refractivity contribution in [3.8, 4) is 5.69 Å². The number of carbonyl (C=O) groups excluding carboxylic acids is 1. The van der Waals surface area contributed by atoms with Crippen LogP contribution in [0.3, 0.4) is 0 Å². The summed E-state index contributed by atoms with van der Waals surface area (Å²) in [5.41, 5.74) is 0.620. The lowest BCUT2D eigenvalue weighted by Crippen LogP contribution is -2.32. The highest BCUT2D eigenvalue weighted by Crippen LogP contribution is 2.36. The Morgan fingerprint density at radius 3 is 2.44 bits per heavy atom. The van der Waals surface area contributed by atoms with Crippen LogP contribution in [0.25, 0.3) is 16.9 Å². The van der Waals surface area contributed by atoms with E-state index in [9.17, 15) is 23.2 Å². The molecule has 2 aromatic heterocycles. The highest BCUT2D eigenvalue weighted by molar-refractivity contribution is 6.31. The van der Waals surface area contributed by atoms with Gasteiger partial charge in [-0.25, -0.2) is 19.7 Å². The van der Waals surface area contributed by atoms with Crippen LogP contribution < -0.4 is 15.3 Å². The third-order valence-corrected chi connectivity index (χ3v) is 5.16. The third-order valence-electron chi connectivity index (χ3n) is 4.83. The van der Waals surface area contributed by atoms with Crippen LogP contribution in [0.4, 0.5) is 35.2 Å². The molecule has 0 saturated heterocycles. The van der Waals surface area contributed by atoms with Gasteiger partial charge in [-0.3, -0.25) is 9.77 Å². The van der Waals surface area contributed by atoms with E-state index in [2.05, 4.69) is 20.3 Å². The standard InChI is InChI=1S/C21H17ClF3N7O2/c1-30(2)18-17-19(27-10-26-18)31(11-28-17)13-5-3-12(4-6-13)29-20(33)32(34)14-7-8-16(22)15(9-14)21(23,24)25/h3-11,34H,1-2H3,(H,29,33). The van der Waals surface area contributed by atoms with E-state index in [4.69, 9.17) is 11.6 Å². The van der Waals surface area contributed by atoms with Gasteiger partial charge in [0.15, 0.2) is 17.0 Å². The normalized spacial score (nSPS) is 11.5. The van der Waals surface area contributed by atoms with Crippen molar-refractivity contribution in [1.82, 2.24) is 19.5 Å². The van der Waals surface area contributed by atoms with Crippen LogP contribution in [0.15, 0.2) is 55.1 Å². The van der Waals surface area contributed by atoms with Gasteiger partial charge in [0.25, 0.3) is 0 Å². The number of nitrogens with zero attached hydrogens (tertiary/aromatic N) is 6. The van der Waals surface area contributed by atoms with Gasteiger partial charge in [-0.1, -0.05) is 11.6 Å². The summed E-state index contributed by atoms with van der Waals surface area (Å²) in [5, 5.41) is 12.0. The number of benzene rings is 2. The summed E-state index contributed by atoms with van der Waals surface area (Å²) in [5.74, 6) is 0.659. The molecule has 0 spiro atoms. The number of hydrogen-bond acceptors (Lipinski definition) is 6. The highest BCUT2D eigenvalue weighted by atomic mass is 35.5. The molecular formula is C21H17ClF3N7O2. The number of imidazole rings is 1. The van der Waals surface area contributed by atoms with Gasteiger partial charge in [0.05, 0.1) is 16.3 Å². The molecule has 0 saturated carbocycles. The van der Waals surface area contributed by atoms with Crippen LogP contribution in [0.5, 0.6) is 0 Å². The topological polar surface area (TPSA) is 99.4 Å². The van der Waals surface area contributed by atoms with Gasteiger partial charge in [0.1, 0.15) is 12.7 Å². The number of fused-ring (bicyclic) bond motifs is 1. The first-order chi connectivity index (χ1) is 16.1. The first kappa shape index (κ1) is 23.3. The molecular weight excluding hydrogens is 475 g/mol. The van der Waals surface area contributed by atoms with Crippen LogP contribution >= 0.6 is 11.6 Å². The number of carbonyl (C=O) groups is 1. The molecule has 2 heterocycles. The number of alkyl halides is 3. The van der Waals surface area contributed by atoms with Gasteiger partial charge in [-0.15, -0.1) is 0 Å². The number of hydrogen-bond donors (Lipinski definition) is 2. The average molecular weight is 492 g/mol. The summed E-state index contributed by atoms with van der Waals surface area (Å²) >= 11 is 5.57. The fraction of sp³-hybridized carbons (Fsp3) is 0.143. The van der Waals surface area contributed by atoms with Crippen molar-refractivity contribution in [2.45, 2.75) is 6.18 Å². The van der Waals surface area contributed by atoms with Gasteiger partial charge < -0.3 is 10.2 Å². The van der Waals surface area contributed by atoms with E-state index < -0.39 is 28.5 Å². The van der Waals surface area contributed by atoms with E-state index in [1.807, 2.05) is 19.0 Å². The van der Waals surface area contributed by atoms with Crippen molar-refractivity contribution in [1.29, 1.82) is 0 Å². The molecule has 0 atom stereocenters. The van der Waals surface area contributed by atoms with Crippen LogP contribution in [0, 0.1) is 0 Å². The van der Waals surface area contributed by atoms with Gasteiger partial charge in [0, 0.05) is 25.5 Å². The van der Waals surface area contributed by atoms with Gasteiger partial charge in [0.2, 0.25) is 0 Å². The van der Waals surface area contributed by atoms with Crippen LogP contribution in [0.2, 0.25) is 5.02 Å².